The Morgan fingerprint density at radius 1 is 0.841 bits per heavy atom. The molecule has 12 heteroatoms. The van der Waals surface area contributed by atoms with Crippen molar-refractivity contribution in [2.24, 2.45) is 23.7 Å². The average molecular weight is 622 g/mol. The number of likely N-dealkylation sites (N-methyl/N-ethyl adjacent to an activating group) is 2. The summed E-state index contributed by atoms with van der Waals surface area (Å²) in [5.41, 5.74) is 0. The van der Waals surface area contributed by atoms with Crippen LogP contribution in [0.25, 0.3) is 0 Å². The van der Waals surface area contributed by atoms with E-state index in [4.69, 9.17) is 4.74 Å². The van der Waals surface area contributed by atoms with Gasteiger partial charge < -0.3 is 30.1 Å². The summed E-state index contributed by atoms with van der Waals surface area (Å²) < 4.78 is 5.64. The molecule has 2 aliphatic rings. The van der Waals surface area contributed by atoms with Gasteiger partial charge in [-0.25, -0.2) is 0 Å². The lowest BCUT2D eigenvalue weighted by Crippen LogP contribution is -2.61. The van der Waals surface area contributed by atoms with Crippen LogP contribution < -0.4 is 10.6 Å². The molecule has 250 valence electrons. The third kappa shape index (κ3) is 8.72. The van der Waals surface area contributed by atoms with Gasteiger partial charge >= 0.3 is 5.97 Å². The van der Waals surface area contributed by atoms with Gasteiger partial charge in [-0.1, -0.05) is 61.3 Å². The molecule has 0 aromatic carbocycles. The van der Waals surface area contributed by atoms with Gasteiger partial charge in [0.05, 0.1) is 6.42 Å². The monoisotopic (exact) mass is 621 g/mol. The number of rotatable bonds is 6. The number of cyclic esters (lactones) is 1. The van der Waals surface area contributed by atoms with E-state index in [1.165, 1.54) is 21.7 Å². The van der Waals surface area contributed by atoms with Gasteiger partial charge in [-0.3, -0.25) is 28.8 Å². The average Bonchev–Trinajstić information content (AvgIpc) is 3.37. The molecule has 2 saturated heterocycles. The van der Waals surface area contributed by atoms with Gasteiger partial charge in [0.2, 0.25) is 23.6 Å². The van der Waals surface area contributed by atoms with E-state index in [0.29, 0.717) is 25.8 Å². The molecular formula is C32H55N5O7. The van der Waals surface area contributed by atoms with Crippen molar-refractivity contribution in [1.29, 1.82) is 0 Å². The Labute approximate surface area is 263 Å². The van der Waals surface area contributed by atoms with E-state index in [0.717, 1.165) is 0 Å². The summed E-state index contributed by atoms with van der Waals surface area (Å²) in [7, 11) is 3.08. The number of amides is 5. The predicted molar refractivity (Wildman–Crippen MR) is 166 cm³/mol. The lowest BCUT2D eigenvalue weighted by Gasteiger charge is -2.39. The molecule has 8 atom stereocenters. The fraction of sp³-hybridized carbons (Fsp3) is 0.812. The molecule has 2 fully saturated rings. The minimum Gasteiger partial charge on any atom is -0.452 e. The minimum atomic E-state index is -1.09. The van der Waals surface area contributed by atoms with Crippen LogP contribution in [0.3, 0.4) is 0 Å². The molecule has 2 heterocycles. The zero-order chi connectivity index (χ0) is 33.5. The fourth-order valence-electron chi connectivity index (χ4n) is 5.93. The summed E-state index contributed by atoms with van der Waals surface area (Å²) in [6.07, 6.45) is 0.781. The Morgan fingerprint density at radius 2 is 1.45 bits per heavy atom. The highest BCUT2D eigenvalue weighted by molar-refractivity contribution is 5.96. The second-order valence-electron chi connectivity index (χ2n) is 13.2. The number of hydrogen-bond acceptors (Lipinski definition) is 7. The zero-order valence-corrected chi connectivity index (χ0v) is 28.3. The second-order valence-corrected chi connectivity index (χ2v) is 13.2. The van der Waals surface area contributed by atoms with Crippen LogP contribution in [0.15, 0.2) is 0 Å². The first-order valence-corrected chi connectivity index (χ1v) is 16.2. The maximum Gasteiger partial charge on any atom is 0.308 e. The highest BCUT2D eigenvalue weighted by Crippen LogP contribution is 2.28. The van der Waals surface area contributed by atoms with Crippen molar-refractivity contribution in [3.8, 4) is 0 Å². The third-order valence-corrected chi connectivity index (χ3v) is 9.40. The maximum atomic E-state index is 14.1. The largest absolute Gasteiger partial charge is 0.452 e. The molecule has 44 heavy (non-hydrogen) atoms. The molecule has 2 unspecified atom stereocenters. The molecule has 2 rings (SSSR count). The predicted octanol–water partition coefficient (Wildman–Crippen LogP) is 1.95. The molecule has 2 aliphatic heterocycles. The van der Waals surface area contributed by atoms with Gasteiger partial charge in [0.15, 0.2) is 6.10 Å². The van der Waals surface area contributed by atoms with E-state index in [9.17, 15) is 28.8 Å². The summed E-state index contributed by atoms with van der Waals surface area (Å²) in [6, 6.07) is -3.56. The van der Waals surface area contributed by atoms with E-state index >= 15 is 0 Å². The van der Waals surface area contributed by atoms with Crippen LogP contribution >= 0.6 is 0 Å². The molecule has 0 bridgehead atoms. The number of hydrogen-bond donors (Lipinski definition) is 2. The van der Waals surface area contributed by atoms with Crippen LogP contribution in [-0.2, 0) is 33.5 Å². The lowest BCUT2D eigenvalue weighted by molar-refractivity contribution is -0.162. The Hall–Kier alpha value is -3.18. The van der Waals surface area contributed by atoms with Gasteiger partial charge in [-0.2, -0.15) is 0 Å². The fourth-order valence-corrected chi connectivity index (χ4v) is 5.93. The van der Waals surface area contributed by atoms with Crippen molar-refractivity contribution in [3.63, 3.8) is 0 Å². The SMILES string of the molecule is CC[C@H](C)C1NC(=O)[C@@H]2[C@@H](C)CCN2C(=O)[C@@H](CC(C)C)OC(=O)CCNC(=O)[C@H](C)N(C)C(=O)C([C@@H](C)CC)N(C)C1=O. The number of esters is 1. The van der Waals surface area contributed by atoms with Crippen molar-refractivity contribution in [1.82, 2.24) is 25.3 Å². The summed E-state index contributed by atoms with van der Waals surface area (Å²) in [5.74, 6) is -3.48. The second kappa shape index (κ2) is 16.2. The van der Waals surface area contributed by atoms with Gasteiger partial charge in [0.25, 0.3) is 5.91 Å². The van der Waals surface area contributed by atoms with Gasteiger partial charge in [0, 0.05) is 27.2 Å². The first-order valence-electron chi connectivity index (χ1n) is 16.2. The lowest BCUT2D eigenvalue weighted by atomic mass is 9.92. The normalized spacial score (nSPS) is 30.2. The third-order valence-electron chi connectivity index (χ3n) is 9.40. The van der Waals surface area contributed by atoms with Crippen LogP contribution in [0.2, 0.25) is 0 Å². The smallest absolute Gasteiger partial charge is 0.308 e. The Bertz CT molecular complexity index is 1070. The van der Waals surface area contributed by atoms with Crippen LogP contribution in [0.5, 0.6) is 0 Å². The summed E-state index contributed by atoms with van der Waals surface area (Å²) >= 11 is 0. The number of ether oxygens (including phenoxy) is 1. The first kappa shape index (κ1) is 37.0. The molecule has 0 spiro atoms. The van der Waals surface area contributed by atoms with E-state index < -0.39 is 65.8 Å². The Balaban J connectivity index is 2.60. The number of nitrogens with zero attached hydrogens (tertiary/aromatic N) is 3. The summed E-state index contributed by atoms with van der Waals surface area (Å²) in [6.45, 7) is 15.2. The molecule has 5 amide bonds. The van der Waals surface area contributed by atoms with Crippen LogP contribution in [0.1, 0.15) is 87.5 Å². The minimum absolute atomic E-state index is 0.0284. The van der Waals surface area contributed by atoms with Crippen molar-refractivity contribution in [3.05, 3.63) is 0 Å². The van der Waals surface area contributed by atoms with Crippen LogP contribution in [-0.4, -0.2) is 108 Å². The van der Waals surface area contributed by atoms with E-state index in [-0.39, 0.29) is 43.1 Å². The molecule has 0 aliphatic carbocycles. The van der Waals surface area contributed by atoms with E-state index in [1.807, 2.05) is 48.5 Å². The van der Waals surface area contributed by atoms with Crippen molar-refractivity contribution < 1.29 is 33.5 Å². The number of carbonyl (C=O) groups is 6. The zero-order valence-electron chi connectivity index (χ0n) is 28.3. The molecule has 0 saturated carbocycles. The topological polar surface area (TPSA) is 145 Å². The molecule has 12 nitrogen and oxygen atoms in total. The quantitative estimate of drug-likeness (QED) is 0.431. The number of carbonyl (C=O) groups excluding carboxylic acids is 6. The Morgan fingerprint density at radius 3 is 2.02 bits per heavy atom. The molecule has 0 aromatic heterocycles. The van der Waals surface area contributed by atoms with Crippen LogP contribution in [0.4, 0.5) is 0 Å². The van der Waals surface area contributed by atoms with Crippen molar-refractivity contribution in [2.45, 2.75) is 118 Å². The van der Waals surface area contributed by atoms with Crippen molar-refractivity contribution >= 4 is 35.5 Å². The Kier molecular flexibility index (Phi) is 13.6. The van der Waals surface area contributed by atoms with Gasteiger partial charge in [-0.15, -0.1) is 0 Å². The van der Waals surface area contributed by atoms with E-state index in [2.05, 4.69) is 10.6 Å². The standard InChI is InChI=1S/C32H55N5O7/c1-11-19(5)25-31(42)36(10)27(20(6)12-2)32(43)35(9)22(8)28(39)33-15-13-24(38)44-23(17-18(3)4)30(41)37-16-14-21(7)26(37)29(40)34-25/h18-23,25-27H,11-17H2,1-10H3,(H,33,39)(H,34,40)/t19-,20-,21-,22-,23+,25?,26-,27?/m0/s1. The maximum absolute atomic E-state index is 14.1. The number of nitrogens with one attached hydrogen (secondary N) is 2. The van der Waals surface area contributed by atoms with Crippen molar-refractivity contribution in [2.75, 3.05) is 27.2 Å². The summed E-state index contributed by atoms with van der Waals surface area (Å²) in [4.78, 5) is 85.7. The summed E-state index contributed by atoms with van der Waals surface area (Å²) in [5, 5.41) is 5.63. The molecule has 2 N–H and O–H groups in total. The molecule has 0 aromatic rings. The van der Waals surface area contributed by atoms with Gasteiger partial charge in [-0.05, 0) is 43.4 Å². The highest BCUT2D eigenvalue weighted by atomic mass is 16.5. The molecular weight excluding hydrogens is 566 g/mol. The van der Waals surface area contributed by atoms with Gasteiger partial charge in [0.1, 0.15) is 24.2 Å². The van der Waals surface area contributed by atoms with Crippen LogP contribution in [0, 0.1) is 23.7 Å². The highest BCUT2D eigenvalue weighted by Gasteiger charge is 2.45. The first-order chi connectivity index (χ1) is 20.6. The number of fused-ring (bicyclic) bond motifs is 1. The molecule has 0 radical (unpaired) electrons. The van der Waals surface area contributed by atoms with E-state index in [1.54, 1.807) is 14.0 Å².